The summed E-state index contributed by atoms with van der Waals surface area (Å²) in [5, 5.41) is 14.1. The van der Waals surface area contributed by atoms with Crippen LogP contribution in [-0.2, 0) is 0 Å². The molecule has 2 aliphatic carbocycles. The Bertz CT molecular complexity index is 255. The molecular weight excluding hydrogens is 222 g/mol. The first-order valence-electron chi connectivity index (χ1n) is 8.00. The van der Waals surface area contributed by atoms with Gasteiger partial charge in [-0.15, -0.1) is 0 Å². The van der Waals surface area contributed by atoms with E-state index >= 15 is 0 Å². The second-order valence-electron chi connectivity index (χ2n) is 7.19. The number of nitrogens with one attached hydrogen (secondary N) is 1. The van der Waals surface area contributed by atoms with Crippen molar-refractivity contribution in [1.82, 2.24) is 5.32 Å². The maximum Gasteiger partial charge on any atom is 0.0774 e. The minimum Gasteiger partial charge on any atom is -0.389 e. The molecule has 18 heavy (non-hydrogen) atoms. The summed E-state index contributed by atoms with van der Waals surface area (Å²) in [4.78, 5) is 0. The van der Waals surface area contributed by atoms with Crippen LogP contribution in [0.15, 0.2) is 0 Å². The van der Waals surface area contributed by atoms with E-state index in [1.165, 1.54) is 38.5 Å². The van der Waals surface area contributed by atoms with Crippen LogP contribution in [-0.4, -0.2) is 23.8 Å². The Morgan fingerprint density at radius 2 is 1.89 bits per heavy atom. The molecule has 0 saturated heterocycles. The molecule has 0 aromatic heterocycles. The Morgan fingerprint density at radius 1 is 1.11 bits per heavy atom. The zero-order valence-corrected chi connectivity index (χ0v) is 12.3. The summed E-state index contributed by atoms with van der Waals surface area (Å²) in [6, 6.07) is 0. The molecule has 2 N–H and O–H groups in total. The molecule has 2 fully saturated rings. The molecule has 0 aromatic carbocycles. The number of hydrogen-bond donors (Lipinski definition) is 2. The van der Waals surface area contributed by atoms with Crippen molar-refractivity contribution >= 4 is 0 Å². The quantitative estimate of drug-likeness (QED) is 0.805. The van der Waals surface area contributed by atoms with Crippen molar-refractivity contribution in [2.75, 3.05) is 13.1 Å². The zero-order valence-electron chi connectivity index (χ0n) is 12.3. The summed E-state index contributed by atoms with van der Waals surface area (Å²) < 4.78 is 0. The highest BCUT2D eigenvalue weighted by Gasteiger charge is 2.32. The zero-order chi connectivity index (χ0) is 13.0. The SMILES string of the molecule is CC1CCCC(CNCC2(O)CCCC(C)C2)C1. The van der Waals surface area contributed by atoms with E-state index in [-0.39, 0.29) is 0 Å². The molecule has 0 aliphatic heterocycles. The first kappa shape index (κ1) is 14.3. The molecule has 106 valence electrons. The average Bonchev–Trinajstić information content (AvgIpc) is 2.28. The maximum absolute atomic E-state index is 10.6. The van der Waals surface area contributed by atoms with Crippen LogP contribution in [0, 0.1) is 17.8 Å². The van der Waals surface area contributed by atoms with Crippen molar-refractivity contribution < 1.29 is 5.11 Å². The lowest BCUT2D eigenvalue weighted by atomic mass is 9.78. The fourth-order valence-corrected chi connectivity index (χ4v) is 4.05. The van der Waals surface area contributed by atoms with E-state index in [4.69, 9.17) is 0 Å². The van der Waals surface area contributed by atoms with Crippen LogP contribution in [0.1, 0.15) is 65.2 Å². The molecule has 4 unspecified atom stereocenters. The Morgan fingerprint density at radius 3 is 2.61 bits per heavy atom. The first-order chi connectivity index (χ1) is 8.57. The molecule has 2 saturated carbocycles. The summed E-state index contributed by atoms with van der Waals surface area (Å²) >= 11 is 0. The van der Waals surface area contributed by atoms with Crippen LogP contribution >= 0.6 is 0 Å². The molecule has 0 bridgehead atoms. The predicted octanol–water partition coefficient (Wildman–Crippen LogP) is 3.34. The van der Waals surface area contributed by atoms with Crippen molar-refractivity contribution in [3.63, 3.8) is 0 Å². The van der Waals surface area contributed by atoms with Gasteiger partial charge in [-0.25, -0.2) is 0 Å². The van der Waals surface area contributed by atoms with Crippen molar-refractivity contribution in [2.45, 2.75) is 70.8 Å². The van der Waals surface area contributed by atoms with E-state index in [0.29, 0.717) is 5.92 Å². The minimum atomic E-state index is -0.419. The maximum atomic E-state index is 10.6. The third kappa shape index (κ3) is 4.24. The minimum absolute atomic E-state index is 0.419. The molecule has 0 heterocycles. The van der Waals surface area contributed by atoms with Crippen molar-refractivity contribution in [3.05, 3.63) is 0 Å². The number of hydrogen-bond acceptors (Lipinski definition) is 2. The molecule has 0 spiro atoms. The average molecular weight is 253 g/mol. The third-order valence-electron chi connectivity index (χ3n) is 5.00. The van der Waals surface area contributed by atoms with Gasteiger partial charge in [0.2, 0.25) is 0 Å². The lowest BCUT2D eigenvalue weighted by molar-refractivity contribution is -0.0125. The fourth-order valence-electron chi connectivity index (χ4n) is 4.05. The fraction of sp³-hybridized carbons (Fsp3) is 1.00. The van der Waals surface area contributed by atoms with Gasteiger partial charge in [0.1, 0.15) is 0 Å². The van der Waals surface area contributed by atoms with Gasteiger partial charge >= 0.3 is 0 Å². The van der Waals surface area contributed by atoms with Crippen LogP contribution < -0.4 is 5.32 Å². The molecule has 2 heteroatoms. The lowest BCUT2D eigenvalue weighted by Gasteiger charge is -2.36. The largest absolute Gasteiger partial charge is 0.389 e. The van der Waals surface area contributed by atoms with Crippen molar-refractivity contribution in [1.29, 1.82) is 0 Å². The Hall–Kier alpha value is -0.0800. The van der Waals surface area contributed by atoms with Crippen LogP contribution in [0.25, 0.3) is 0 Å². The highest BCUT2D eigenvalue weighted by Crippen LogP contribution is 2.32. The topological polar surface area (TPSA) is 32.3 Å². The van der Waals surface area contributed by atoms with E-state index < -0.39 is 5.60 Å². The van der Waals surface area contributed by atoms with Crippen molar-refractivity contribution in [2.24, 2.45) is 17.8 Å². The van der Waals surface area contributed by atoms with Gasteiger partial charge in [-0.1, -0.05) is 39.5 Å². The molecule has 0 amide bonds. The first-order valence-corrected chi connectivity index (χ1v) is 8.00. The molecule has 2 rings (SSSR count). The van der Waals surface area contributed by atoms with Crippen molar-refractivity contribution in [3.8, 4) is 0 Å². The van der Waals surface area contributed by atoms with Gasteiger partial charge in [-0.3, -0.25) is 0 Å². The second kappa shape index (κ2) is 6.38. The van der Waals surface area contributed by atoms with E-state index in [1.807, 2.05) is 0 Å². The van der Waals surface area contributed by atoms with E-state index in [9.17, 15) is 5.11 Å². The highest BCUT2D eigenvalue weighted by atomic mass is 16.3. The van der Waals surface area contributed by atoms with Gasteiger partial charge in [-0.2, -0.15) is 0 Å². The molecule has 0 aromatic rings. The van der Waals surface area contributed by atoms with Gasteiger partial charge in [0.25, 0.3) is 0 Å². The summed E-state index contributed by atoms with van der Waals surface area (Å²) in [5.41, 5.74) is -0.419. The van der Waals surface area contributed by atoms with Gasteiger partial charge in [0.05, 0.1) is 5.60 Å². The summed E-state index contributed by atoms with van der Waals surface area (Å²) in [7, 11) is 0. The molecular formula is C16H31NO. The summed E-state index contributed by atoms with van der Waals surface area (Å²) in [6.45, 7) is 6.57. The van der Waals surface area contributed by atoms with Gasteiger partial charge in [0.15, 0.2) is 0 Å². The smallest absolute Gasteiger partial charge is 0.0774 e. The Labute approximate surface area is 113 Å². The standard InChI is InChI=1S/C16H31NO/c1-13-5-3-7-15(9-13)11-17-12-16(18)8-4-6-14(2)10-16/h13-15,17-18H,3-12H2,1-2H3. The molecule has 2 nitrogen and oxygen atoms in total. The monoisotopic (exact) mass is 253 g/mol. The van der Waals surface area contributed by atoms with E-state index in [0.717, 1.165) is 37.8 Å². The normalized spacial score (nSPS) is 41.8. The number of rotatable bonds is 4. The second-order valence-corrected chi connectivity index (χ2v) is 7.19. The Balaban J connectivity index is 1.67. The summed E-state index contributed by atoms with van der Waals surface area (Å²) in [5.74, 6) is 2.45. The van der Waals surface area contributed by atoms with Crippen LogP contribution in [0.4, 0.5) is 0 Å². The van der Waals surface area contributed by atoms with Crippen LogP contribution in [0.2, 0.25) is 0 Å². The van der Waals surface area contributed by atoms with Gasteiger partial charge in [0, 0.05) is 6.54 Å². The van der Waals surface area contributed by atoms with Gasteiger partial charge in [-0.05, 0) is 50.0 Å². The third-order valence-corrected chi connectivity index (χ3v) is 5.00. The van der Waals surface area contributed by atoms with Crippen LogP contribution in [0.3, 0.4) is 0 Å². The lowest BCUT2D eigenvalue weighted by Crippen LogP contribution is -2.45. The predicted molar refractivity (Wildman–Crippen MR) is 76.6 cm³/mol. The van der Waals surface area contributed by atoms with E-state index in [2.05, 4.69) is 19.2 Å². The van der Waals surface area contributed by atoms with Crippen LogP contribution in [0.5, 0.6) is 0 Å². The molecule has 4 atom stereocenters. The molecule has 0 radical (unpaired) electrons. The molecule has 2 aliphatic rings. The highest BCUT2D eigenvalue weighted by molar-refractivity contribution is 4.87. The summed E-state index contributed by atoms with van der Waals surface area (Å²) in [6.07, 6.45) is 10.0. The van der Waals surface area contributed by atoms with Gasteiger partial charge < -0.3 is 10.4 Å². The van der Waals surface area contributed by atoms with E-state index in [1.54, 1.807) is 0 Å². The Kier molecular flexibility index (Phi) is 5.08. The number of aliphatic hydroxyl groups is 1.